The van der Waals surface area contributed by atoms with Gasteiger partial charge >= 0.3 is 0 Å². The van der Waals surface area contributed by atoms with Crippen molar-refractivity contribution in [1.29, 1.82) is 0 Å². The van der Waals surface area contributed by atoms with Crippen molar-refractivity contribution in [3.8, 4) is 22.3 Å². The Kier molecular flexibility index (Phi) is 3.95. The molecule has 0 fully saturated rings. The number of rotatable bonds is 4. The molecule has 0 atom stereocenters. The maximum Gasteiger partial charge on any atom is 0.194 e. The maximum atomic E-state index is 13.4. The molecule has 2 aliphatic carbocycles. The van der Waals surface area contributed by atoms with E-state index in [-0.39, 0.29) is 19.0 Å². The molecule has 0 amide bonds. The summed E-state index contributed by atoms with van der Waals surface area (Å²) in [7, 11) is 0. The molecular weight excluding hydrogens is 384 g/mol. The minimum atomic E-state index is -0.457. The predicted octanol–water partition coefficient (Wildman–Crippen LogP) is 5.08. The fourth-order valence-corrected chi connectivity index (χ4v) is 5.83. The van der Waals surface area contributed by atoms with Gasteiger partial charge in [-0.3, -0.25) is 4.79 Å². The monoisotopic (exact) mass is 406 g/mol. The van der Waals surface area contributed by atoms with Crippen LogP contribution in [0, 0.1) is 0 Å². The fraction of sp³-hybridized carbons (Fsp3) is 0.179. The number of aliphatic hydroxyl groups excluding tert-OH is 2. The average Bonchev–Trinajstić information content (AvgIpc) is 3.23. The van der Waals surface area contributed by atoms with Crippen LogP contribution in [0.4, 0.5) is 0 Å². The quantitative estimate of drug-likeness (QED) is 0.437. The van der Waals surface area contributed by atoms with Crippen molar-refractivity contribution >= 4 is 16.6 Å². The van der Waals surface area contributed by atoms with Gasteiger partial charge in [0.15, 0.2) is 5.78 Å². The first-order valence-electron chi connectivity index (χ1n) is 10.8. The average molecular weight is 406 g/mol. The van der Waals surface area contributed by atoms with Crippen molar-refractivity contribution in [1.82, 2.24) is 0 Å². The van der Waals surface area contributed by atoms with E-state index in [1.165, 1.54) is 0 Å². The summed E-state index contributed by atoms with van der Waals surface area (Å²) < 4.78 is 0. The summed E-state index contributed by atoms with van der Waals surface area (Å²) in [4.78, 5) is 13.4. The van der Waals surface area contributed by atoms with Gasteiger partial charge in [-0.2, -0.15) is 0 Å². The molecule has 3 heteroatoms. The largest absolute Gasteiger partial charge is 0.396 e. The third-order valence-electron chi connectivity index (χ3n) is 7.17. The lowest BCUT2D eigenvalue weighted by molar-refractivity contribution is 0.104. The fourth-order valence-electron chi connectivity index (χ4n) is 5.83. The Labute approximate surface area is 180 Å². The molecule has 4 aromatic rings. The number of hydrogen-bond donors (Lipinski definition) is 2. The van der Waals surface area contributed by atoms with E-state index >= 15 is 0 Å². The van der Waals surface area contributed by atoms with Crippen LogP contribution in [-0.4, -0.2) is 29.2 Å². The molecule has 0 aromatic heterocycles. The van der Waals surface area contributed by atoms with Gasteiger partial charge in [-0.15, -0.1) is 0 Å². The molecule has 0 saturated heterocycles. The third-order valence-corrected chi connectivity index (χ3v) is 7.17. The van der Waals surface area contributed by atoms with E-state index in [4.69, 9.17) is 0 Å². The highest BCUT2D eigenvalue weighted by atomic mass is 16.3. The third kappa shape index (κ3) is 2.33. The number of carbonyl (C=O) groups is 1. The smallest absolute Gasteiger partial charge is 0.194 e. The maximum absolute atomic E-state index is 13.4. The van der Waals surface area contributed by atoms with Crippen molar-refractivity contribution in [2.24, 2.45) is 0 Å². The van der Waals surface area contributed by atoms with E-state index < -0.39 is 5.41 Å². The molecule has 0 radical (unpaired) electrons. The Hall–Kier alpha value is -3.27. The molecule has 0 saturated carbocycles. The van der Waals surface area contributed by atoms with Crippen molar-refractivity contribution < 1.29 is 15.0 Å². The second-order valence-corrected chi connectivity index (χ2v) is 8.56. The second-order valence-electron chi connectivity index (χ2n) is 8.56. The molecular formula is C28H22O3. The number of hydrogen-bond acceptors (Lipinski definition) is 3. The number of aliphatic hydroxyl groups is 2. The summed E-state index contributed by atoms with van der Waals surface area (Å²) >= 11 is 0. The topological polar surface area (TPSA) is 57.5 Å². The summed E-state index contributed by atoms with van der Waals surface area (Å²) in [6, 6.07) is 24.5. The van der Waals surface area contributed by atoms with Gasteiger partial charge in [0.25, 0.3) is 0 Å². The lowest BCUT2D eigenvalue weighted by Crippen LogP contribution is -2.28. The standard InChI is InChI=1S/C28H22O3/c29-13-11-28(12-14-30)24-8-4-3-7-19(24)21-15-23-22(16-25(21)28)26-18-6-2-1-5-17(18)9-10-20(26)27(23)31/h1-10,15-16,29-30H,11-14H2. The van der Waals surface area contributed by atoms with Crippen LogP contribution in [0.3, 0.4) is 0 Å². The molecule has 6 rings (SSSR count). The number of fused-ring (bicyclic) bond motifs is 8. The minimum absolute atomic E-state index is 0.0311. The van der Waals surface area contributed by atoms with Crippen LogP contribution in [0.25, 0.3) is 33.0 Å². The van der Waals surface area contributed by atoms with Gasteiger partial charge in [-0.25, -0.2) is 0 Å². The van der Waals surface area contributed by atoms with Gasteiger partial charge in [-0.1, -0.05) is 54.6 Å². The van der Waals surface area contributed by atoms with Crippen LogP contribution in [0.1, 0.15) is 39.9 Å². The zero-order chi connectivity index (χ0) is 21.2. The molecule has 0 aliphatic heterocycles. The van der Waals surface area contributed by atoms with Crippen LogP contribution in [0.2, 0.25) is 0 Å². The zero-order valence-corrected chi connectivity index (χ0v) is 17.1. The summed E-state index contributed by atoms with van der Waals surface area (Å²) in [6.45, 7) is 0.0621. The van der Waals surface area contributed by atoms with Crippen LogP contribution in [0.15, 0.2) is 72.8 Å². The summed E-state index contributed by atoms with van der Waals surface area (Å²) in [5, 5.41) is 22.1. The Bertz CT molecular complexity index is 1380. The van der Waals surface area contributed by atoms with E-state index in [0.717, 1.165) is 55.3 Å². The van der Waals surface area contributed by atoms with Gasteiger partial charge in [0.2, 0.25) is 0 Å². The minimum Gasteiger partial charge on any atom is -0.396 e. The Morgan fingerprint density at radius 1 is 0.645 bits per heavy atom. The van der Waals surface area contributed by atoms with Crippen LogP contribution >= 0.6 is 0 Å². The van der Waals surface area contributed by atoms with Gasteiger partial charge < -0.3 is 10.2 Å². The Balaban J connectivity index is 1.70. The molecule has 3 nitrogen and oxygen atoms in total. The molecule has 0 bridgehead atoms. The summed E-state index contributed by atoms with van der Waals surface area (Å²) in [5.41, 5.74) is 7.36. The van der Waals surface area contributed by atoms with Crippen molar-refractivity contribution in [3.05, 3.63) is 95.1 Å². The number of benzene rings is 4. The van der Waals surface area contributed by atoms with E-state index in [1.807, 2.05) is 42.5 Å². The van der Waals surface area contributed by atoms with Gasteiger partial charge in [0.05, 0.1) is 0 Å². The zero-order valence-electron chi connectivity index (χ0n) is 17.1. The van der Waals surface area contributed by atoms with Crippen LogP contribution in [0.5, 0.6) is 0 Å². The SMILES string of the molecule is O=C1c2cc3c(cc2-c2c1ccc1ccccc21)C(CCO)(CCO)c1ccccc1-3. The van der Waals surface area contributed by atoms with Crippen molar-refractivity contribution in [2.45, 2.75) is 18.3 Å². The highest BCUT2D eigenvalue weighted by Gasteiger charge is 2.44. The summed E-state index contributed by atoms with van der Waals surface area (Å²) in [6.07, 6.45) is 1.07. The van der Waals surface area contributed by atoms with Crippen molar-refractivity contribution in [2.75, 3.05) is 13.2 Å². The molecule has 2 N–H and O–H groups in total. The molecule has 4 aromatic carbocycles. The second kappa shape index (κ2) is 6.61. The predicted molar refractivity (Wildman–Crippen MR) is 122 cm³/mol. The molecule has 2 aliphatic rings. The van der Waals surface area contributed by atoms with Gasteiger partial charge in [0, 0.05) is 35.3 Å². The normalized spacial score (nSPS) is 15.0. The first-order valence-corrected chi connectivity index (χ1v) is 10.8. The molecule has 152 valence electrons. The number of ketones is 1. The first-order chi connectivity index (χ1) is 15.2. The van der Waals surface area contributed by atoms with Gasteiger partial charge in [-0.05, 0) is 69.6 Å². The highest BCUT2D eigenvalue weighted by Crippen LogP contribution is 2.55. The van der Waals surface area contributed by atoms with Crippen LogP contribution < -0.4 is 0 Å². The van der Waals surface area contributed by atoms with E-state index in [9.17, 15) is 15.0 Å². The highest BCUT2D eigenvalue weighted by molar-refractivity contribution is 6.26. The van der Waals surface area contributed by atoms with E-state index in [2.05, 4.69) is 30.3 Å². The summed E-state index contributed by atoms with van der Waals surface area (Å²) in [5.74, 6) is 0.0675. The van der Waals surface area contributed by atoms with Crippen molar-refractivity contribution in [3.63, 3.8) is 0 Å². The lowest BCUT2D eigenvalue weighted by atomic mass is 9.72. The van der Waals surface area contributed by atoms with Gasteiger partial charge in [0.1, 0.15) is 0 Å². The molecule has 31 heavy (non-hydrogen) atoms. The molecule has 0 unspecified atom stereocenters. The van der Waals surface area contributed by atoms with E-state index in [1.54, 1.807) is 0 Å². The van der Waals surface area contributed by atoms with Crippen LogP contribution in [-0.2, 0) is 5.41 Å². The van der Waals surface area contributed by atoms with E-state index in [0.29, 0.717) is 12.8 Å². The lowest BCUT2D eigenvalue weighted by Gasteiger charge is -2.31. The Morgan fingerprint density at radius 3 is 2.19 bits per heavy atom. The first kappa shape index (κ1) is 18.5. The molecule has 0 heterocycles. The molecule has 0 spiro atoms. The number of carbonyl (C=O) groups excluding carboxylic acids is 1. The Morgan fingerprint density at radius 2 is 1.39 bits per heavy atom.